The van der Waals surface area contributed by atoms with Crippen LogP contribution >= 0.6 is 27.5 Å². The van der Waals surface area contributed by atoms with Gasteiger partial charge in [-0.05, 0) is 68.8 Å². The summed E-state index contributed by atoms with van der Waals surface area (Å²) in [6, 6.07) is 9.27. The number of pyridine rings is 1. The molecular formula is C30H34BrClN4O3. The number of hydrogen-bond donors (Lipinski definition) is 2. The lowest BCUT2D eigenvalue weighted by Gasteiger charge is -2.37. The number of anilines is 1. The van der Waals surface area contributed by atoms with Gasteiger partial charge in [0.15, 0.2) is 0 Å². The highest BCUT2D eigenvalue weighted by Crippen LogP contribution is 2.32. The average Bonchev–Trinajstić information content (AvgIpc) is 2.89. The highest BCUT2D eigenvalue weighted by atomic mass is 79.9. The lowest BCUT2D eigenvalue weighted by atomic mass is 9.89. The van der Waals surface area contributed by atoms with Gasteiger partial charge in [-0.3, -0.25) is 14.6 Å². The highest BCUT2D eigenvalue weighted by molar-refractivity contribution is 9.10. The summed E-state index contributed by atoms with van der Waals surface area (Å²) in [4.78, 5) is 33.4. The summed E-state index contributed by atoms with van der Waals surface area (Å²) in [6.07, 6.45) is 7.12. The monoisotopic (exact) mass is 612 g/mol. The molecule has 1 saturated carbocycles. The zero-order valence-corrected chi connectivity index (χ0v) is 24.8. The van der Waals surface area contributed by atoms with Crippen LogP contribution in [-0.4, -0.2) is 59.1 Å². The number of nitrogens with zero attached hydrogens (tertiary/aromatic N) is 2. The van der Waals surface area contributed by atoms with Gasteiger partial charge in [-0.15, -0.1) is 0 Å². The molecule has 0 unspecified atom stereocenters. The SMILES string of the molecule is Cc1cc(Br)cc(C(=O)N2C[C@@H](C)O[C@@H](C)C2)c1N[C@@H]1CCCC[C@@H]1NC(=O)c1cncc2cc(Cl)ccc12. The Labute approximate surface area is 242 Å². The van der Waals surface area contributed by atoms with Crippen LogP contribution in [0.2, 0.25) is 5.02 Å². The number of amides is 2. The molecule has 0 bridgehead atoms. The Morgan fingerprint density at radius 3 is 2.49 bits per heavy atom. The molecule has 1 aliphatic heterocycles. The molecule has 2 N–H and O–H groups in total. The normalized spacial score (nSPS) is 23.5. The Morgan fingerprint density at radius 2 is 1.74 bits per heavy atom. The Hall–Kier alpha value is -2.68. The van der Waals surface area contributed by atoms with Crippen molar-refractivity contribution >= 4 is 55.8 Å². The molecule has 3 aromatic rings. The molecule has 2 aliphatic rings. The maximum atomic E-state index is 13.8. The third kappa shape index (κ3) is 6.23. The maximum Gasteiger partial charge on any atom is 0.256 e. The van der Waals surface area contributed by atoms with Crippen LogP contribution in [0.1, 0.15) is 65.8 Å². The molecule has 2 fully saturated rings. The largest absolute Gasteiger partial charge is 0.379 e. The van der Waals surface area contributed by atoms with Crippen LogP contribution in [0.15, 0.2) is 47.2 Å². The molecule has 1 saturated heterocycles. The summed E-state index contributed by atoms with van der Waals surface area (Å²) in [5.41, 5.74) is 2.96. The Morgan fingerprint density at radius 1 is 1.03 bits per heavy atom. The predicted molar refractivity (Wildman–Crippen MR) is 159 cm³/mol. The Bertz CT molecular complexity index is 1390. The first-order chi connectivity index (χ1) is 18.7. The fraction of sp³-hybridized carbons (Fsp3) is 0.433. The van der Waals surface area contributed by atoms with Crippen molar-refractivity contribution < 1.29 is 14.3 Å². The molecule has 2 aromatic carbocycles. The molecular weight excluding hydrogens is 580 g/mol. The second kappa shape index (κ2) is 11.8. The lowest BCUT2D eigenvalue weighted by Crippen LogP contribution is -2.50. The van der Waals surface area contributed by atoms with Crippen LogP contribution in [-0.2, 0) is 4.74 Å². The number of aryl methyl sites for hydroxylation is 1. The van der Waals surface area contributed by atoms with E-state index in [1.165, 1.54) is 0 Å². The fourth-order valence-corrected chi connectivity index (χ4v) is 6.61. The van der Waals surface area contributed by atoms with Crippen molar-refractivity contribution in [1.29, 1.82) is 0 Å². The topological polar surface area (TPSA) is 83.6 Å². The molecule has 9 heteroatoms. The van der Waals surface area contributed by atoms with Crippen molar-refractivity contribution in [3.8, 4) is 0 Å². The van der Waals surface area contributed by atoms with E-state index in [1.54, 1.807) is 18.5 Å². The van der Waals surface area contributed by atoms with Gasteiger partial charge in [0.25, 0.3) is 11.8 Å². The number of ether oxygens (including phenoxy) is 1. The van der Waals surface area contributed by atoms with Crippen LogP contribution in [0.3, 0.4) is 0 Å². The highest BCUT2D eigenvalue weighted by Gasteiger charge is 2.32. The van der Waals surface area contributed by atoms with Crippen molar-refractivity contribution in [3.05, 3.63) is 68.9 Å². The summed E-state index contributed by atoms with van der Waals surface area (Å²) in [5.74, 6) is -0.171. The first-order valence-electron chi connectivity index (χ1n) is 13.5. The Balaban J connectivity index is 1.40. The van der Waals surface area contributed by atoms with Gasteiger partial charge >= 0.3 is 0 Å². The van der Waals surface area contributed by atoms with Gasteiger partial charge in [0.1, 0.15) is 0 Å². The molecule has 0 spiro atoms. The van der Waals surface area contributed by atoms with Gasteiger partial charge in [0, 0.05) is 52.4 Å². The van der Waals surface area contributed by atoms with Crippen molar-refractivity contribution in [1.82, 2.24) is 15.2 Å². The first kappa shape index (κ1) is 27.9. The predicted octanol–water partition coefficient (Wildman–Crippen LogP) is 6.36. The van der Waals surface area contributed by atoms with E-state index in [9.17, 15) is 9.59 Å². The van der Waals surface area contributed by atoms with E-state index in [4.69, 9.17) is 16.3 Å². The van der Waals surface area contributed by atoms with Gasteiger partial charge in [-0.25, -0.2) is 0 Å². The van der Waals surface area contributed by atoms with Crippen molar-refractivity contribution in [2.45, 2.75) is 70.7 Å². The van der Waals surface area contributed by atoms with Crippen LogP contribution in [0, 0.1) is 6.92 Å². The number of nitrogens with one attached hydrogen (secondary N) is 2. The van der Waals surface area contributed by atoms with Crippen LogP contribution in [0.5, 0.6) is 0 Å². The number of halogens is 2. The minimum absolute atomic E-state index is 0.0132. The summed E-state index contributed by atoms with van der Waals surface area (Å²) in [7, 11) is 0. The number of rotatable bonds is 5. The fourth-order valence-electron chi connectivity index (χ4n) is 5.85. The minimum Gasteiger partial charge on any atom is -0.379 e. The van der Waals surface area contributed by atoms with E-state index >= 15 is 0 Å². The zero-order valence-electron chi connectivity index (χ0n) is 22.5. The number of hydrogen-bond acceptors (Lipinski definition) is 5. The number of carbonyl (C=O) groups excluding carboxylic acids is 2. The maximum absolute atomic E-state index is 13.8. The zero-order chi connectivity index (χ0) is 27.7. The summed E-state index contributed by atoms with van der Waals surface area (Å²) >= 11 is 9.74. The van der Waals surface area contributed by atoms with E-state index in [1.807, 2.05) is 49.9 Å². The molecule has 1 aliphatic carbocycles. The van der Waals surface area contributed by atoms with Gasteiger partial charge in [-0.2, -0.15) is 0 Å². The molecule has 1 aromatic heterocycles. The van der Waals surface area contributed by atoms with E-state index in [-0.39, 0.29) is 36.1 Å². The molecule has 2 amide bonds. The standard InChI is InChI=1S/C30H34BrClN4O3/c1-17-10-21(31)12-24(30(38)36-15-18(2)39-19(3)16-36)28(17)34-26-6-4-5-7-27(26)35-29(37)25-14-33-13-20-11-22(32)8-9-23(20)25/h8-14,18-19,26-27,34H,4-7,15-16H2,1-3H3,(H,35,37)/t18-,19+,26-,27+/m1/s1. The van der Waals surface area contributed by atoms with E-state index in [0.717, 1.165) is 52.2 Å². The van der Waals surface area contributed by atoms with E-state index in [2.05, 4.69) is 31.5 Å². The smallest absolute Gasteiger partial charge is 0.256 e. The molecule has 2 heterocycles. The summed E-state index contributed by atoms with van der Waals surface area (Å²) in [6.45, 7) is 7.12. The molecule has 5 rings (SSSR count). The number of benzene rings is 2. The van der Waals surface area contributed by atoms with Crippen LogP contribution < -0.4 is 10.6 Å². The van der Waals surface area contributed by atoms with Crippen LogP contribution in [0.25, 0.3) is 10.8 Å². The molecule has 206 valence electrons. The second-order valence-electron chi connectivity index (χ2n) is 10.8. The summed E-state index contributed by atoms with van der Waals surface area (Å²) in [5, 5.41) is 9.21. The average molecular weight is 614 g/mol. The third-order valence-electron chi connectivity index (χ3n) is 7.62. The molecule has 7 nitrogen and oxygen atoms in total. The van der Waals surface area contributed by atoms with E-state index in [0.29, 0.717) is 29.2 Å². The number of fused-ring (bicyclic) bond motifs is 1. The quantitative estimate of drug-likeness (QED) is 0.350. The van der Waals surface area contributed by atoms with Crippen molar-refractivity contribution in [3.63, 3.8) is 0 Å². The molecule has 39 heavy (non-hydrogen) atoms. The Kier molecular flexibility index (Phi) is 8.45. The number of morpholine rings is 1. The molecule has 4 atom stereocenters. The van der Waals surface area contributed by atoms with Gasteiger partial charge in [0.05, 0.1) is 29.0 Å². The van der Waals surface area contributed by atoms with Crippen molar-refractivity contribution in [2.24, 2.45) is 0 Å². The third-order valence-corrected chi connectivity index (χ3v) is 8.31. The van der Waals surface area contributed by atoms with Crippen molar-refractivity contribution in [2.75, 3.05) is 18.4 Å². The summed E-state index contributed by atoms with van der Waals surface area (Å²) < 4.78 is 6.71. The van der Waals surface area contributed by atoms with Gasteiger partial charge < -0.3 is 20.3 Å². The van der Waals surface area contributed by atoms with E-state index < -0.39 is 0 Å². The first-order valence-corrected chi connectivity index (χ1v) is 14.7. The number of aromatic nitrogens is 1. The molecule has 0 radical (unpaired) electrons. The lowest BCUT2D eigenvalue weighted by molar-refractivity contribution is -0.0586. The van der Waals surface area contributed by atoms with Gasteiger partial charge in [0.2, 0.25) is 0 Å². The second-order valence-corrected chi connectivity index (χ2v) is 12.1. The van der Waals surface area contributed by atoms with Gasteiger partial charge in [-0.1, -0.05) is 46.4 Å². The number of carbonyl (C=O) groups is 2. The van der Waals surface area contributed by atoms with Crippen LogP contribution in [0.4, 0.5) is 5.69 Å². The minimum atomic E-state index is -0.158.